The third-order valence-electron chi connectivity index (χ3n) is 5.80. The van der Waals surface area contributed by atoms with E-state index in [1.807, 2.05) is 30.3 Å². The Kier molecular flexibility index (Phi) is 4.60. The summed E-state index contributed by atoms with van der Waals surface area (Å²) >= 11 is 0. The number of nitrogens with zero attached hydrogens (tertiary/aromatic N) is 3. The van der Waals surface area contributed by atoms with Gasteiger partial charge in [-0.1, -0.05) is 24.3 Å². The highest BCUT2D eigenvalue weighted by molar-refractivity contribution is 6.05. The van der Waals surface area contributed by atoms with Crippen molar-refractivity contribution >= 4 is 16.7 Å². The molecule has 148 valence electrons. The summed E-state index contributed by atoms with van der Waals surface area (Å²) < 4.78 is 7.11. The fraction of sp³-hybridized carbons (Fsp3) is 0.364. The number of aryl methyl sites for hydroxylation is 2. The number of carbonyl (C=O) groups excluding carboxylic acids is 1. The summed E-state index contributed by atoms with van der Waals surface area (Å²) in [5.74, 6) is -0.270. The summed E-state index contributed by atoms with van der Waals surface area (Å²) in [6.07, 6.45) is 5.62. The topological polar surface area (TPSA) is 86.1 Å². The van der Waals surface area contributed by atoms with Crippen molar-refractivity contribution in [2.24, 2.45) is 0 Å². The van der Waals surface area contributed by atoms with Gasteiger partial charge in [0.25, 0.3) is 11.5 Å². The number of fused-ring (bicyclic) bond motifs is 2. The van der Waals surface area contributed by atoms with E-state index in [0.717, 1.165) is 47.7 Å². The molecule has 1 aliphatic heterocycles. The van der Waals surface area contributed by atoms with Crippen molar-refractivity contribution in [2.75, 3.05) is 13.2 Å². The zero-order valence-electron chi connectivity index (χ0n) is 16.0. The van der Waals surface area contributed by atoms with Gasteiger partial charge in [0.15, 0.2) is 0 Å². The van der Waals surface area contributed by atoms with E-state index in [9.17, 15) is 9.59 Å². The molecule has 3 aromatic rings. The molecule has 2 unspecified atom stereocenters. The van der Waals surface area contributed by atoms with Gasteiger partial charge < -0.3 is 10.1 Å². The van der Waals surface area contributed by atoms with Gasteiger partial charge in [-0.25, -0.2) is 4.68 Å². The third kappa shape index (κ3) is 3.31. The van der Waals surface area contributed by atoms with Crippen molar-refractivity contribution in [1.29, 1.82) is 0 Å². The molecule has 0 spiro atoms. The first-order chi connectivity index (χ1) is 14.2. The van der Waals surface area contributed by atoms with Crippen LogP contribution in [0.3, 0.4) is 0 Å². The highest BCUT2D eigenvalue weighted by Crippen LogP contribution is 2.22. The molecular formula is C22H22N4O3. The molecule has 1 fully saturated rings. The largest absolute Gasteiger partial charge is 0.377 e. The number of pyridine rings is 1. The van der Waals surface area contributed by atoms with Crippen LogP contribution in [-0.4, -0.2) is 39.9 Å². The summed E-state index contributed by atoms with van der Waals surface area (Å²) in [6, 6.07) is 10.6. The number of amides is 1. The minimum atomic E-state index is -0.338. The standard InChI is InChI=1S/C22H22N4O3/c27-20-11-15-6-2-4-8-17(15)25-26(20)19-13-29-12-18(19)24-22(28)21-16-7-3-1-5-14(16)9-10-23-21/h1,3,5,7,9-11,18-19H,2,4,6,8,12-13H2,(H,24,28). The van der Waals surface area contributed by atoms with Gasteiger partial charge in [0.2, 0.25) is 0 Å². The molecule has 0 radical (unpaired) electrons. The maximum atomic E-state index is 13.0. The maximum Gasteiger partial charge on any atom is 0.270 e. The van der Waals surface area contributed by atoms with Crippen LogP contribution < -0.4 is 10.9 Å². The zero-order chi connectivity index (χ0) is 19.8. The second kappa shape index (κ2) is 7.40. The van der Waals surface area contributed by atoms with Gasteiger partial charge in [0, 0.05) is 17.6 Å². The Morgan fingerprint density at radius 1 is 1.14 bits per heavy atom. The van der Waals surface area contributed by atoms with E-state index >= 15 is 0 Å². The predicted molar refractivity (Wildman–Crippen MR) is 108 cm³/mol. The molecule has 5 rings (SSSR count). The highest BCUT2D eigenvalue weighted by atomic mass is 16.5. The molecule has 7 nitrogen and oxygen atoms in total. The minimum absolute atomic E-state index is 0.135. The fourth-order valence-corrected chi connectivity index (χ4v) is 4.27. The summed E-state index contributed by atoms with van der Waals surface area (Å²) in [5, 5.41) is 9.41. The van der Waals surface area contributed by atoms with E-state index in [1.165, 1.54) is 4.68 Å². The van der Waals surface area contributed by atoms with Crippen LogP contribution in [-0.2, 0) is 17.6 Å². The second-order valence-corrected chi connectivity index (χ2v) is 7.67. The van der Waals surface area contributed by atoms with Crippen LogP contribution in [0.4, 0.5) is 0 Å². The first-order valence-electron chi connectivity index (χ1n) is 10.0. The number of aromatic nitrogens is 3. The molecule has 2 aliphatic rings. The van der Waals surface area contributed by atoms with E-state index in [2.05, 4.69) is 15.4 Å². The highest BCUT2D eigenvalue weighted by Gasteiger charge is 2.34. The lowest BCUT2D eigenvalue weighted by Crippen LogP contribution is -2.44. The van der Waals surface area contributed by atoms with Crippen molar-refractivity contribution in [3.05, 3.63) is 69.9 Å². The van der Waals surface area contributed by atoms with Crippen molar-refractivity contribution in [3.63, 3.8) is 0 Å². The molecule has 0 bridgehead atoms. The monoisotopic (exact) mass is 390 g/mol. The first-order valence-corrected chi connectivity index (χ1v) is 10.0. The van der Waals surface area contributed by atoms with Crippen LogP contribution in [0.1, 0.15) is 40.6 Å². The maximum absolute atomic E-state index is 13.0. The number of ether oxygens (including phenoxy) is 1. The number of rotatable bonds is 3. The number of hydrogen-bond donors (Lipinski definition) is 1. The smallest absolute Gasteiger partial charge is 0.270 e. The van der Waals surface area contributed by atoms with Gasteiger partial charge in [-0.15, -0.1) is 0 Å². The molecule has 1 N–H and O–H groups in total. The molecule has 1 amide bonds. The number of nitrogens with one attached hydrogen (secondary N) is 1. The van der Waals surface area contributed by atoms with Gasteiger partial charge >= 0.3 is 0 Å². The van der Waals surface area contributed by atoms with Crippen molar-refractivity contribution < 1.29 is 9.53 Å². The van der Waals surface area contributed by atoms with Crippen molar-refractivity contribution in [1.82, 2.24) is 20.1 Å². The molecule has 3 heterocycles. The molecule has 2 aromatic heterocycles. The SMILES string of the molecule is O=C(NC1COCC1n1nc2c(cc1=O)CCCC2)c1nccc2ccccc12. The van der Waals surface area contributed by atoms with Gasteiger partial charge in [0.05, 0.1) is 24.9 Å². The van der Waals surface area contributed by atoms with Crippen molar-refractivity contribution in [3.8, 4) is 0 Å². The number of hydrogen-bond acceptors (Lipinski definition) is 5. The predicted octanol–water partition coefficient (Wildman–Crippen LogP) is 2.04. The number of benzene rings is 1. The summed E-state index contributed by atoms with van der Waals surface area (Å²) in [7, 11) is 0. The molecule has 29 heavy (non-hydrogen) atoms. The molecule has 1 aliphatic carbocycles. The Labute approximate surface area is 167 Å². The second-order valence-electron chi connectivity index (χ2n) is 7.67. The van der Waals surface area contributed by atoms with Crippen LogP contribution in [0.25, 0.3) is 10.8 Å². The van der Waals surface area contributed by atoms with E-state index < -0.39 is 0 Å². The Bertz CT molecular complexity index is 1140. The van der Waals surface area contributed by atoms with Crippen molar-refractivity contribution in [2.45, 2.75) is 37.8 Å². The lowest BCUT2D eigenvalue weighted by Gasteiger charge is -2.23. The molecule has 7 heteroatoms. The Balaban J connectivity index is 1.43. The molecule has 2 atom stereocenters. The van der Waals surface area contributed by atoms with Crippen LogP contribution >= 0.6 is 0 Å². The van der Waals surface area contributed by atoms with Gasteiger partial charge in [-0.05, 0) is 42.7 Å². The normalized spacial score (nSPS) is 21.1. The Morgan fingerprint density at radius 2 is 2.00 bits per heavy atom. The molecule has 1 aromatic carbocycles. The Hall–Kier alpha value is -3.06. The molecular weight excluding hydrogens is 368 g/mol. The van der Waals surface area contributed by atoms with Crippen LogP contribution in [0.5, 0.6) is 0 Å². The lowest BCUT2D eigenvalue weighted by molar-refractivity contribution is 0.0921. The van der Waals surface area contributed by atoms with E-state index in [4.69, 9.17) is 4.74 Å². The minimum Gasteiger partial charge on any atom is -0.377 e. The zero-order valence-corrected chi connectivity index (χ0v) is 16.0. The summed E-state index contributed by atoms with van der Waals surface area (Å²) in [4.78, 5) is 29.9. The van der Waals surface area contributed by atoms with Crippen LogP contribution in [0.2, 0.25) is 0 Å². The van der Waals surface area contributed by atoms with Crippen LogP contribution in [0, 0.1) is 0 Å². The third-order valence-corrected chi connectivity index (χ3v) is 5.80. The van der Waals surface area contributed by atoms with E-state index in [0.29, 0.717) is 18.9 Å². The fourth-order valence-electron chi connectivity index (χ4n) is 4.27. The Morgan fingerprint density at radius 3 is 2.93 bits per heavy atom. The van der Waals surface area contributed by atoms with E-state index in [-0.39, 0.29) is 23.6 Å². The molecule has 0 saturated carbocycles. The van der Waals surface area contributed by atoms with Gasteiger partial charge in [-0.3, -0.25) is 14.6 Å². The quantitative estimate of drug-likeness (QED) is 0.740. The summed E-state index contributed by atoms with van der Waals surface area (Å²) in [5.41, 5.74) is 2.28. The number of carbonyl (C=O) groups is 1. The average Bonchev–Trinajstić information content (AvgIpc) is 3.20. The van der Waals surface area contributed by atoms with Gasteiger partial charge in [0.1, 0.15) is 11.7 Å². The average molecular weight is 390 g/mol. The van der Waals surface area contributed by atoms with Crippen LogP contribution in [0.15, 0.2) is 47.4 Å². The molecule has 1 saturated heterocycles. The van der Waals surface area contributed by atoms with Gasteiger partial charge in [-0.2, -0.15) is 5.10 Å². The summed E-state index contributed by atoms with van der Waals surface area (Å²) in [6.45, 7) is 0.686. The first kappa shape index (κ1) is 18.0. The van der Waals surface area contributed by atoms with E-state index in [1.54, 1.807) is 12.3 Å². The lowest BCUT2D eigenvalue weighted by atomic mass is 9.97.